The van der Waals surface area contributed by atoms with Crippen LogP contribution in [-0.4, -0.2) is 41.8 Å². The molecule has 1 fully saturated rings. The van der Waals surface area contributed by atoms with Gasteiger partial charge in [0, 0.05) is 32.5 Å². The van der Waals surface area contributed by atoms with Gasteiger partial charge in [0.05, 0.1) is 30.3 Å². The summed E-state index contributed by atoms with van der Waals surface area (Å²) in [4.78, 5) is 18.7. The molecule has 1 aliphatic rings. The number of nitriles is 2. The Morgan fingerprint density at radius 3 is 2.91 bits per heavy atom. The molecular formula is C24H30FN5O2. The number of hydrogen-bond acceptors (Lipinski definition) is 6. The SMILES string of the molecule is CC(=O)/C(=C\N=C(CCCc1cc(F)ccc1C#N)N1CCC[C@@H](N)C1)OC(C)CC#N. The van der Waals surface area contributed by atoms with Crippen molar-refractivity contribution in [1.29, 1.82) is 10.5 Å². The molecule has 0 spiro atoms. The van der Waals surface area contributed by atoms with Crippen molar-refractivity contribution in [2.45, 2.75) is 64.5 Å². The number of aliphatic imine (C=N–C) groups is 1. The van der Waals surface area contributed by atoms with Gasteiger partial charge in [-0.2, -0.15) is 10.5 Å². The van der Waals surface area contributed by atoms with E-state index in [1.165, 1.54) is 31.3 Å². The molecule has 1 unspecified atom stereocenters. The molecule has 32 heavy (non-hydrogen) atoms. The number of carbonyl (C=O) groups excluding carboxylic acids is 1. The quantitative estimate of drug-likeness (QED) is 0.272. The van der Waals surface area contributed by atoms with Crippen LogP contribution in [0.15, 0.2) is 35.2 Å². The summed E-state index contributed by atoms with van der Waals surface area (Å²) >= 11 is 0. The number of halogens is 1. The van der Waals surface area contributed by atoms with Crippen LogP contribution in [0, 0.1) is 28.5 Å². The van der Waals surface area contributed by atoms with E-state index in [9.17, 15) is 14.4 Å². The Morgan fingerprint density at radius 2 is 2.25 bits per heavy atom. The zero-order chi connectivity index (χ0) is 23.5. The Kier molecular flexibility index (Phi) is 9.84. The van der Waals surface area contributed by atoms with E-state index in [0.29, 0.717) is 36.9 Å². The second kappa shape index (κ2) is 12.6. The third-order valence-electron chi connectivity index (χ3n) is 5.24. The fourth-order valence-corrected chi connectivity index (χ4v) is 3.59. The summed E-state index contributed by atoms with van der Waals surface area (Å²) in [6.45, 7) is 4.59. The average Bonchev–Trinajstić information content (AvgIpc) is 2.75. The monoisotopic (exact) mass is 439 g/mol. The summed E-state index contributed by atoms with van der Waals surface area (Å²) in [5.74, 6) is 0.230. The second-order valence-corrected chi connectivity index (χ2v) is 8.00. The van der Waals surface area contributed by atoms with Gasteiger partial charge in [0.25, 0.3) is 0 Å². The zero-order valence-corrected chi connectivity index (χ0v) is 18.7. The largest absolute Gasteiger partial charge is 0.484 e. The minimum atomic E-state index is -0.422. The van der Waals surface area contributed by atoms with Gasteiger partial charge < -0.3 is 15.4 Å². The van der Waals surface area contributed by atoms with Crippen LogP contribution in [-0.2, 0) is 16.0 Å². The van der Waals surface area contributed by atoms with Crippen molar-refractivity contribution in [2.24, 2.45) is 10.7 Å². The van der Waals surface area contributed by atoms with E-state index < -0.39 is 6.10 Å². The molecule has 2 rings (SSSR count). The molecule has 1 saturated heterocycles. The highest BCUT2D eigenvalue weighted by Crippen LogP contribution is 2.17. The topological polar surface area (TPSA) is 116 Å². The number of rotatable bonds is 9. The van der Waals surface area contributed by atoms with Gasteiger partial charge in [0.15, 0.2) is 11.5 Å². The number of Topliss-reactive ketones (excluding diaryl/α,β-unsaturated/α-hetero) is 1. The lowest BCUT2D eigenvalue weighted by molar-refractivity contribution is -0.117. The molecule has 0 saturated carbocycles. The molecule has 8 heteroatoms. The van der Waals surface area contributed by atoms with E-state index in [2.05, 4.69) is 16.0 Å². The Labute approximate surface area is 189 Å². The maximum absolute atomic E-state index is 13.6. The first-order chi connectivity index (χ1) is 15.3. The third-order valence-corrected chi connectivity index (χ3v) is 5.24. The molecule has 0 bridgehead atoms. The highest BCUT2D eigenvalue weighted by Gasteiger charge is 2.20. The van der Waals surface area contributed by atoms with Crippen LogP contribution in [0.2, 0.25) is 0 Å². The lowest BCUT2D eigenvalue weighted by atomic mass is 10.0. The van der Waals surface area contributed by atoms with Crippen molar-refractivity contribution in [3.63, 3.8) is 0 Å². The molecule has 0 aromatic heterocycles. The molecule has 2 atom stereocenters. The molecule has 1 aliphatic heterocycles. The molecule has 0 radical (unpaired) electrons. The van der Waals surface area contributed by atoms with Crippen molar-refractivity contribution in [2.75, 3.05) is 13.1 Å². The van der Waals surface area contributed by atoms with Gasteiger partial charge in [-0.25, -0.2) is 9.38 Å². The van der Waals surface area contributed by atoms with Gasteiger partial charge in [-0.05, 0) is 56.4 Å². The average molecular weight is 440 g/mol. The number of carbonyl (C=O) groups is 1. The molecule has 0 aliphatic carbocycles. The molecule has 1 aromatic rings. The number of likely N-dealkylation sites (tertiary alicyclic amines) is 1. The second-order valence-electron chi connectivity index (χ2n) is 8.00. The van der Waals surface area contributed by atoms with Gasteiger partial charge in [-0.1, -0.05) is 0 Å². The standard InChI is InChI=1S/C24H30FN5O2/c1-17(10-11-26)32-23(18(2)31)15-29-24(30-12-4-6-22(28)16-30)7-3-5-19-13-21(25)9-8-20(19)14-27/h8-9,13,15,17,22H,3-7,10,12,16,28H2,1-2H3/b23-15+,29-24?/t17?,22-/m1/s1. The number of hydrogen-bond donors (Lipinski definition) is 1. The van der Waals surface area contributed by atoms with Crippen LogP contribution < -0.4 is 5.73 Å². The van der Waals surface area contributed by atoms with Gasteiger partial charge >= 0.3 is 0 Å². The number of nitrogens with two attached hydrogens (primary N) is 1. The summed E-state index contributed by atoms with van der Waals surface area (Å²) in [6.07, 6.45) is 4.80. The first-order valence-corrected chi connectivity index (χ1v) is 10.8. The van der Waals surface area contributed by atoms with Crippen LogP contribution >= 0.6 is 0 Å². The molecule has 0 amide bonds. The molecule has 7 nitrogen and oxygen atoms in total. The van der Waals surface area contributed by atoms with E-state index in [1.54, 1.807) is 6.92 Å². The number of allylic oxidation sites excluding steroid dienone is 1. The number of aryl methyl sites for hydroxylation is 1. The van der Waals surface area contributed by atoms with Crippen LogP contribution in [0.1, 0.15) is 57.1 Å². The number of piperidine rings is 1. The first kappa shape index (κ1) is 25.0. The molecule has 1 heterocycles. The van der Waals surface area contributed by atoms with Crippen LogP contribution in [0.25, 0.3) is 0 Å². The van der Waals surface area contributed by atoms with Crippen molar-refractivity contribution in [1.82, 2.24) is 4.90 Å². The van der Waals surface area contributed by atoms with Crippen molar-refractivity contribution in [3.05, 3.63) is 47.1 Å². The van der Waals surface area contributed by atoms with E-state index in [-0.39, 0.29) is 29.8 Å². The lowest BCUT2D eigenvalue weighted by Gasteiger charge is -2.33. The van der Waals surface area contributed by atoms with Gasteiger partial charge in [-0.15, -0.1) is 0 Å². The fourth-order valence-electron chi connectivity index (χ4n) is 3.59. The van der Waals surface area contributed by atoms with E-state index >= 15 is 0 Å². The molecule has 170 valence electrons. The predicted octanol–water partition coefficient (Wildman–Crippen LogP) is 3.59. The first-order valence-electron chi connectivity index (χ1n) is 10.8. The number of ketones is 1. The number of nitrogens with zero attached hydrogens (tertiary/aromatic N) is 4. The smallest absolute Gasteiger partial charge is 0.195 e. The summed E-state index contributed by atoms with van der Waals surface area (Å²) in [5.41, 5.74) is 7.27. The zero-order valence-electron chi connectivity index (χ0n) is 18.7. The van der Waals surface area contributed by atoms with Crippen molar-refractivity contribution in [3.8, 4) is 12.1 Å². The Bertz CT molecular complexity index is 945. The maximum Gasteiger partial charge on any atom is 0.195 e. The number of benzene rings is 1. The Balaban J connectivity index is 2.20. The van der Waals surface area contributed by atoms with Gasteiger partial charge in [0.1, 0.15) is 17.8 Å². The van der Waals surface area contributed by atoms with Crippen LogP contribution in [0.5, 0.6) is 0 Å². The van der Waals surface area contributed by atoms with Crippen molar-refractivity contribution >= 4 is 11.6 Å². The Hall–Kier alpha value is -3.23. The molecular weight excluding hydrogens is 409 g/mol. The number of ether oxygens (including phenoxy) is 1. The van der Waals surface area contributed by atoms with Crippen LogP contribution in [0.4, 0.5) is 4.39 Å². The molecule has 1 aromatic carbocycles. The van der Waals surface area contributed by atoms with E-state index in [1.807, 2.05) is 6.07 Å². The molecule has 2 N–H and O–H groups in total. The summed E-state index contributed by atoms with van der Waals surface area (Å²) in [5, 5.41) is 18.1. The van der Waals surface area contributed by atoms with E-state index in [4.69, 9.17) is 15.7 Å². The Morgan fingerprint density at radius 1 is 1.47 bits per heavy atom. The van der Waals surface area contributed by atoms with Crippen molar-refractivity contribution < 1.29 is 13.9 Å². The number of amidine groups is 1. The highest BCUT2D eigenvalue weighted by molar-refractivity contribution is 5.92. The highest BCUT2D eigenvalue weighted by atomic mass is 19.1. The van der Waals surface area contributed by atoms with Crippen LogP contribution in [0.3, 0.4) is 0 Å². The van der Waals surface area contributed by atoms with Gasteiger partial charge in [0.2, 0.25) is 0 Å². The maximum atomic E-state index is 13.6. The summed E-state index contributed by atoms with van der Waals surface area (Å²) < 4.78 is 19.2. The minimum Gasteiger partial charge on any atom is -0.484 e. The minimum absolute atomic E-state index is 0.0468. The fraction of sp³-hybridized carbons (Fsp3) is 0.500. The summed E-state index contributed by atoms with van der Waals surface area (Å²) in [6, 6.07) is 8.33. The third kappa shape index (κ3) is 7.79. The summed E-state index contributed by atoms with van der Waals surface area (Å²) in [7, 11) is 0. The normalized spacial score (nSPS) is 17.9. The van der Waals surface area contributed by atoms with Gasteiger partial charge in [-0.3, -0.25) is 4.79 Å². The predicted molar refractivity (Wildman–Crippen MR) is 120 cm³/mol. The van der Waals surface area contributed by atoms with E-state index in [0.717, 1.165) is 25.2 Å². The lowest BCUT2D eigenvalue weighted by Crippen LogP contribution is -2.45.